The first-order chi connectivity index (χ1) is 5.62. The first kappa shape index (κ1) is 12.0. The molecule has 0 unspecified atom stereocenters. The Morgan fingerprint density at radius 1 is 1.08 bits per heavy atom. The van der Waals surface area contributed by atoms with E-state index in [1.807, 2.05) is 0 Å². The maximum absolute atomic E-state index is 3.36. The maximum atomic E-state index is 3.36. The van der Waals surface area contributed by atoms with Gasteiger partial charge in [-0.3, -0.25) is 0 Å². The van der Waals surface area contributed by atoms with Crippen LogP contribution in [0.15, 0.2) is 0 Å². The van der Waals surface area contributed by atoms with E-state index < -0.39 is 0 Å². The first-order valence-electron chi connectivity index (χ1n) is 5.33. The minimum Gasteiger partial charge on any atom is -0.317 e. The third-order valence-electron chi connectivity index (χ3n) is 2.38. The molecule has 1 N–H and O–H groups in total. The van der Waals surface area contributed by atoms with Crippen molar-refractivity contribution in [2.75, 3.05) is 13.1 Å². The molecular formula is C11H25N. The molecule has 0 aliphatic rings. The normalized spacial score (nSPS) is 12.0. The van der Waals surface area contributed by atoms with Crippen molar-refractivity contribution in [1.29, 1.82) is 0 Å². The molecular weight excluding hydrogens is 146 g/mol. The van der Waals surface area contributed by atoms with E-state index in [2.05, 4.69) is 33.0 Å². The zero-order valence-electron chi connectivity index (χ0n) is 9.24. The van der Waals surface area contributed by atoms with Gasteiger partial charge in [-0.05, 0) is 37.8 Å². The number of nitrogens with one attached hydrogen (secondary N) is 1. The van der Waals surface area contributed by atoms with E-state index in [9.17, 15) is 0 Å². The fraction of sp³-hybridized carbons (Fsp3) is 1.00. The second-order valence-electron chi connectivity index (χ2n) is 4.37. The minimum atomic E-state index is 0.560. The summed E-state index contributed by atoms with van der Waals surface area (Å²) < 4.78 is 0. The average molecular weight is 171 g/mol. The molecule has 0 fully saturated rings. The van der Waals surface area contributed by atoms with Gasteiger partial charge in [0.1, 0.15) is 0 Å². The summed E-state index contributed by atoms with van der Waals surface area (Å²) in [5.41, 5.74) is 0.560. The molecule has 1 nitrogen and oxygen atoms in total. The van der Waals surface area contributed by atoms with Gasteiger partial charge in [-0.25, -0.2) is 0 Å². The summed E-state index contributed by atoms with van der Waals surface area (Å²) in [6.45, 7) is 11.5. The Balaban J connectivity index is 3.33. The van der Waals surface area contributed by atoms with Crippen molar-refractivity contribution in [1.82, 2.24) is 5.32 Å². The van der Waals surface area contributed by atoms with E-state index in [1.165, 1.54) is 32.2 Å². The molecule has 0 bridgehead atoms. The number of hydrogen-bond donors (Lipinski definition) is 1. The SMILES string of the molecule is CCCC(C)(C)CCCNCC. The molecule has 0 amide bonds. The van der Waals surface area contributed by atoms with Crippen LogP contribution in [0.5, 0.6) is 0 Å². The summed E-state index contributed by atoms with van der Waals surface area (Å²) in [5.74, 6) is 0. The van der Waals surface area contributed by atoms with E-state index >= 15 is 0 Å². The van der Waals surface area contributed by atoms with Gasteiger partial charge in [-0.2, -0.15) is 0 Å². The van der Waals surface area contributed by atoms with Gasteiger partial charge in [-0.15, -0.1) is 0 Å². The molecule has 12 heavy (non-hydrogen) atoms. The number of rotatable bonds is 7. The van der Waals surface area contributed by atoms with Gasteiger partial charge in [-0.1, -0.05) is 34.1 Å². The van der Waals surface area contributed by atoms with Crippen LogP contribution in [0.4, 0.5) is 0 Å². The van der Waals surface area contributed by atoms with Crippen LogP contribution in [-0.2, 0) is 0 Å². The Labute approximate surface area is 77.9 Å². The van der Waals surface area contributed by atoms with Gasteiger partial charge in [0, 0.05) is 0 Å². The summed E-state index contributed by atoms with van der Waals surface area (Å²) in [7, 11) is 0. The van der Waals surface area contributed by atoms with Crippen LogP contribution < -0.4 is 5.32 Å². The van der Waals surface area contributed by atoms with Crippen LogP contribution in [-0.4, -0.2) is 13.1 Å². The first-order valence-corrected chi connectivity index (χ1v) is 5.33. The van der Waals surface area contributed by atoms with E-state index in [1.54, 1.807) is 0 Å². The fourth-order valence-corrected chi connectivity index (χ4v) is 1.67. The topological polar surface area (TPSA) is 12.0 Å². The second kappa shape index (κ2) is 6.47. The van der Waals surface area contributed by atoms with Crippen LogP contribution >= 0.6 is 0 Å². The van der Waals surface area contributed by atoms with Crippen LogP contribution in [0.3, 0.4) is 0 Å². The molecule has 0 aromatic heterocycles. The predicted octanol–water partition coefficient (Wildman–Crippen LogP) is 3.20. The van der Waals surface area contributed by atoms with E-state index in [0.29, 0.717) is 5.41 Å². The molecule has 0 saturated carbocycles. The van der Waals surface area contributed by atoms with E-state index in [4.69, 9.17) is 0 Å². The van der Waals surface area contributed by atoms with Crippen molar-refractivity contribution in [3.05, 3.63) is 0 Å². The third kappa shape index (κ3) is 6.66. The zero-order valence-corrected chi connectivity index (χ0v) is 9.24. The molecule has 0 aromatic carbocycles. The second-order valence-corrected chi connectivity index (χ2v) is 4.37. The summed E-state index contributed by atoms with van der Waals surface area (Å²) in [6, 6.07) is 0. The number of hydrogen-bond acceptors (Lipinski definition) is 1. The average Bonchev–Trinajstić information content (AvgIpc) is 1.98. The monoisotopic (exact) mass is 171 g/mol. The zero-order chi connectivity index (χ0) is 9.45. The van der Waals surface area contributed by atoms with Crippen molar-refractivity contribution >= 4 is 0 Å². The van der Waals surface area contributed by atoms with Crippen molar-refractivity contribution < 1.29 is 0 Å². The highest BCUT2D eigenvalue weighted by atomic mass is 14.8. The molecule has 0 rings (SSSR count). The van der Waals surface area contributed by atoms with Gasteiger partial charge in [0.25, 0.3) is 0 Å². The summed E-state index contributed by atoms with van der Waals surface area (Å²) in [6.07, 6.45) is 5.35. The molecule has 0 aromatic rings. The smallest absolute Gasteiger partial charge is 0.00488 e. The fourth-order valence-electron chi connectivity index (χ4n) is 1.67. The van der Waals surface area contributed by atoms with Crippen molar-refractivity contribution in [3.63, 3.8) is 0 Å². The highest BCUT2D eigenvalue weighted by Crippen LogP contribution is 2.27. The lowest BCUT2D eigenvalue weighted by molar-refractivity contribution is 0.294. The standard InChI is InChI=1S/C11H25N/c1-5-8-11(3,4)9-7-10-12-6-2/h12H,5-10H2,1-4H3. The molecule has 0 atom stereocenters. The van der Waals surface area contributed by atoms with Gasteiger partial charge in [0.15, 0.2) is 0 Å². The van der Waals surface area contributed by atoms with Gasteiger partial charge in [0.2, 0.25) is 0 Å². The van der Waals surface area contributed by atoms with Gasteiger partial charge < -0.3 is 5.32 Å². The Morgan fingerprint density at radius 2 is 1.75 bits per heavy atom. The Morgan fingerprint density at radius 3 is 2.25 bits per heavy atom. The Kier molecular flexibility index (Phi) is 6.45. The quantitative estimate of drug-likeness (QED) is 0.580. The molecule has 0 aliphatic carbocycles. The van der Waals surface area contributed by atoms with E-state index in [-0.39, 0.29) is 0 Å². The van der Waals surface area contributed by atoms with Crippen LogP contribution in [0.25, 0.3) is 0 Å². The summed E-state index contributed by atoms with van der Waals surface area (Å²) in [5, 5.41) is 3.36. The molecule has 1 heteroatoms. The highest BCUT2D eigenvalue weighted by molar-refractivity contribution is 4.68. The predicted molar refractivity (Wildman–Crippen MR) is 56.5 cm³/mol. The maximum Gasteiger partial charge on any atom is -0.00488 e. The van der Waals surface area contributed by atoms with Gasteiger partial charge in [0.05, 0.1) is 0 Å². The van der Waals surface area contributed by atoms with Crippen LogP contribution in [0.2, 0.25) is 0 Å². The third-order valence-corrected chi connectivity index (χ3v) is 2.38. The summed E-state index contributed by atoms with van der Waals surface area (Å²) in [4.78, 5) is 0. The minimum absolute atomic E-state index is 0.560. The Hall–Kier alpha value is -0.0400. The highest BCUT2D eigenvalue weighted by Gasteiger charge is 2.15. The lowest BCUT2D eigenvalue weighted by Gasteiger charge is -2.23. The van der Waals surface area contributed by atoms with Crippen molar-refractivity contribution in [2.45, 2.75) is 53.4 Å². The van der Waals surface area contributed by atoms with E-state index in [0.717, 1.165) is 6.54 Å². The lowest BCUT2D eigenvalue weighted by Crippen LogP contribution is -2.18. The summed E-state index contributed by atoms with van der Waals surface area (Å²) >= 11 is 0. The largest absolute Gasteiger partial charge is 0.317 e. The molecule has 0 radical (unpaired) electrons. The van der Waals surface area contributed by atoms with Gasteiger partial charge >= 0.3 is 0 Å². The Bertz CT molecular complexity index is 97.2. The molecule has 0 aliphatic heterocycles. The molecule has 0 saturated heterocycles. The van der Waals surface area contributed by atoms with Crippen molar-refractivity contribution in [2.24, 2.45) is 5.41 Å². The van der Waals surface area contributed by atoms with Crippen molar-refractivity contribution in [3.8, 4) is 0 Å². The van der Waals surface area contributed by atoms with Crippen LogP contribution in [0, 0.1) is 5.41 Å². The lowest BCUT2D eigenvalue weighted by atomic mass is 9.83. The van der Waals surface area contributed by atoms with Crippen LogP contribution in [0.1, 0.15) is 53.4 Å². The molecule has 74 valence electrons. The molecule has 0 heterocycles. The molecule has 0 spiro atoms.